The summed E-state index contributed by atoms with van der Waals surface area (Å²) >= 11 is 0. The Morgan fingerprint density at radius 2 is 1.97 bits per heavy atom. The van der Waals surface area contributed by atoms with Crippen LogP contribution in [0.1, 0.15) is 41.2 Å². The van der Waals surface area contributed by atoms with E-state index in [9.17, 15) is 18.0 Å². The summed E-state index contributed by atoms with van der Waals surface area (Å²) in [6.07, 6.45) is -0.672. The minimum absolute atomic E-state index is 0.115. The summed E-state index contributed by atoms with van der Waals surface area (Å²) < 4.78 is 45.3. The fraction of sp³-hybridized carbons (Fsp3) is 0.500. The molecule has 1 aliphatic heterocycles. The molecule has 2 aromatic rings. The van der Waals surface area contributed by atoms with Crippen molar-refractivity contribution < 1.29 is 22.7 Å². The van der Waals surface area contributed by atoms with E-state index in [1.54, 1.807) is 4.68 Å². The van der Waals surface area contributed by atoms with Crippen molar-refractivity contribution in [2.45, 2.75) is 49.6 Å². The second-order valence-corrected chi connectivity index (χ2v) is 8.52. The second kappa shape index (κ2) is 9.03. The van der Waals surface area contributed by atoms with Crippen LogP contribution in [0.5, 0.6) is 0 Å². The summed E-state index contributed by atoms with van der Waals surface area (Å²) in [6.45, 7) is 9.13. The van der Waals surface area contributed by atoms with Crippen LogP contribution in [-0.4, -0.2) is 59.0 Å². The van der Waals surface area contributed by atoms with Crippen LogP contribution in [0, 0.1) is 6.57 Å². The fourth-order valence-corrected chi connectivity index (χ4v) is 4.40. The van der Waals surface area contributed by atoms with Gasteiger partial charge in [-0.15, -0.1) is 0 Å². The van der Waals surface area contributed by atoms with Crippen LogP contribution in [0.2, 0.25) is 0 Å². The minimum Gasteiger partial charge on any atom is -0.378 e. The Bertz CT molecular complexity index is 1040. The van der Waals surface area contributed by atoms with Gasteiger partial charge in [-0.2, -0.15) is 18.3 Å². The highest BCUT2D eigenvalue weighted by Gasteiger charge is 2.41. The van der Waals surface area contributed by atoms with E-state index in [0.29, 0.717) is 37.8 Å². The highest BCUT2D eigenvalue weighted by molar-refractivity contribution is 5.98. The number of anilines is 2. The molecule has 0 unspecified atom stereocenters. The van der Waals surface area contributed by atoms with E-state index in [0.717, 1.165) is 18.6 Å². The molecule has 1 aliphatic carbocycles. The molecule has 2 fully saturated rings. The maximum absolute atomic E-state index is 12.8. The second-order valence-electron chi connectivity index (χ2n) is 8.52. The summed E-state index contributed by atoms with van der Waals surface area (Å²) in [5, 5.41) is 7.34. The van der Waals surface area contributed by atoms with Crippen molar-refractivity contribution in [3.8, 4) is 0 Å². The normalized spacial score (nSPS) is 23.7. The number of likely N-dealkylation sites (N-methyl/N-ethyl adjacent to an activating group) is 1. The van der Waals surface area contributed by atoms with Gasteiger partial charge >= 0.3 is 6.18 Å². The fourth-order valence-electron chi connectivity index (χ4n) is 4.40. The number of ether oxygens (including phenoxy) is 1. The number of aromatic nitrogens is 2. The number of halogens is 3. The predicted octanol–water partition coefficient (Wildman–Crippen LogP) is 3.46. The highest BCUT2D eigenvalue weighted by Crippen LogP contribution is 2.36. The number of carbonyl (C=O) groups excluding carboxylic acids is 1. The van der Waals surface area contributed by atoms with E-state index in [4.69, 9.17) is 17.0 Å². The topological polar surface area (TPSA) is 89.8 Å². The SMILES string of the molecule is [C-]#[N+][C@@H]1C[C@@H](N(C)C2COC2)CC[C@H]1n1cc(C(N)=O)c(Nc2ccc(C(F)(F)F)cc2)n1. The molecule has 2 aliphatic rings. The lowest BCUT2D eigenvalue weighted by Gasteiger charge is -2.42. The summed E-state index contributed by atoms with van der Waals surface area (Å²) in [5.74, 6) is -0.565. The van der Waals surface area contributed by atoms with Crippen LogP contribution in [0.3, 0.4) is 0 Å². The summed E-state index contributed by atoms with van der Waals surface area (Å²) in [5.41, 5.74) is 5.20. The lowest BCUT2D eigenvalue weighted by Crippen LogP contribution is -2.53. The lowest BCUT2D eigenvalue weighted by atomic mass is 9.85. The van der Waals surface area contributed by atoms with Gasteiger partial charge in [-0.05, 0) is 44.2 Å². The average molecular weight is 462 g/mol. The summed E-state index contributed by atoms with van der Waals surface area (Å²) in [4.78, 5) is 18.1. The molecule has 1 saturated carbocycles. The number of nitrogens with one attached hydrogen (secondary N) is 1. The molecule has 1 aromatic heterocycles. The van der Waals surface area contributed by atoms with Crippen LogP contribution in [0.15, 0.2) is 30.5 Å². The van der Waals surface area contributed by atoms with Gasteiger partial charge in [0.15, 0.2) is 5.82 Å². The first-order chi connectivity index (χ1) is 15.7. The molecule has 3 atom stereocenters. The smallest absolute Gasteiger partial charge is 0.378 e. The van der Waals surface area contributed by atoms with E-state index >= 15 is 0 Å². The number of hydrogen-bond acceptors (Lipinski definition) is 5. The van der Waals surface area contributed by atoms with E-state index in [-0.39, 0.29) is 29.5 Å². The van der Waals surface area contributed by atoms with E-state index in [2.05, 4.69) is 27.2 Å². The first-order valence-corrected chi connectivity index (χ1v) is 10.7. The quantitative estimate of drug-likeness (QED) is 0.642. The van der Waals surface area contributed by atoms with E-state index in [1.807, 2.05) is 0 Å². The number of benzene rings is 1. The number of nitrogens with zero attached hydrogens (tertiary/aromatic N) is 4. The van der Waals surface area contributed by atoms with Crippen LogP contribution >= 0.6 is 0 Å². The average Bonchev–Trinajstić information content (AvgIpc) is 3.15. The molecule has 0 bridgehead atoms. The number of alkyl halides is 3. The number of primary amides is 1. The van der Waals surface area contributed by atoms with Gasteiger partial charge in [0.25, 0.3) is 5.91 Å². The van der Waals surface area contributed by atoms with Gasteiger partial charge in [-0.1, -0.05) is 0 Å². The van der Waals surface area contributed by atoms with Gasteiger partial charge in [0.05, 0.1) is 24.8 Å². The zero-order valence-electron chi connectivity index (χ0n) is 18.0. The molecule has 2 heterocycles. The van der Waals surface area contributed by atoms with Gasteiger partial charge in [-0.3, -0.25) is 14.4 Å². The number of rotatable bonds is 6. The van der Waals surface area contributed by atoms with Crippen molar-refractivity contribution in [3.05, 3.63) is 53.0 Å². The van der Waals surface area contributed by atoms with Crippen molar-refractivity contribution in [2.75, 3.05) is 25.6 Å². The van der Waals surface area contributed by atoms with Crippen LogP contribution < -0.4 is 11.1 Å². The number of nitrogens with two attached hydrogens (primary N) is 1. The summed E-state index contributed by atoms with van der Waals surface area (Å²) in [7, 11) is 2.06. The van der Waals surface area contributed by atoms with Crippen LogP contribution in [0.25, 0.3) is 4.85 Å². The van der Waals surface area contributed by atoms with Gasteiger partial charge in [-0.25, -0.2) is 6.57 Å². The molecule has 1 saturated heterocycles. The number of hydrogen-bond donors (Lipinski definition) is 2. The molecular weight excluding hydrogens is 437 g/mol. The Balaban J connectivity index is 1.52. The van der Waals surface area contributed by atoms with E-state index < -0.39 is 17.6 Å². The van der Waals surface area contributed by atoms with Crippen molar-refractivity contribution in [3.63, 3.8) is 0 Å². The Kier molecular flexibility index (Phi) is 6.32. The molecule has 3 N–H and O–H groups in total. The maximum atomic E-state index is 12.8. The third-order valence-electron chi connectivity index (χ3n) is 6.50. The molecular formula is C22H25F3N6O2. The molecule has 1 aromatic carbocycles. The van der Waals surface area contributed by atoms with E-state index in [1.165, 1.54) is 18.3 Å². The van der Waals surface area contributed by atoms with Crippen molar-refractivity contribution in [2.24, 2.45) is 5.73 Å². The zero-order valence-corrected chi connectivity index (χ0v) is 18.0. The molecule has 4 rings (SSSR count). The number of carbonyl (C=O) groups is 1. The molecule has 0 radical (unpaired) electrons. The van der Waals surface area contributed by atoms with Crippen LogP contribution in [-0.2, 0) is 10.9 Å². The molecule has 1 amide bonds. The molecule has 176 valence electrons. The van der Waals surface area contributed by atoms with Crippen molar-refractivity contribution in [1.29, 1.82) is 0 Å². The van der Waals surface area contributed by atoms with Crippen molar-refractivity contribution in [1.82, 2.24) is 14.7 Å². The standard InChI is InChI=1S/C22H25F3N6O2/c1-27-18-9-15(30(2)16-11-33-12-16)7-8-19(18)31-10-17(20(26)32)21(29-31)28-14-5-3-13(4-6-14)22(23,24)25/h3-6,10,15-16,18-19H,7-9,11-12H2,2H3,(H2,26,32)(H,28,29)/t15-,18+,19+/m0/s1. The first-order valence-electron chi connectivity index (χ1n) is 10.7. The Morgan fingerprint density at radius 1 is 1.27 bits per heavy atom. The highest BCUT2D eigenvalue weighted by atomic mass is 19.4. The monoisotopic (exact) mass is 462 g/mol. The first kappa shape index (κ1) is 23.1. The maximum Gasteiger partial charge on any atom is 0.416 e. The third kappa shape index (κ3) is 4.82. The Morgan fingerprint density at radius 3 is 2.52 bits per heavy atom. The third-order valence-corrected chi connectivity index (χ3v) is 6.50. The zero-order chi connectivity index (χ0) is 23.8. The predicted molar refractivity (Wildman–Crippen MR) is 115 cm³/mol. The largest absolute Gasteiger partial charge is 0.416 e. The van der Waals surface area contributed by atoms with Crippen molar-refractivity contribution >= 4 is 17.4 Å². The molecule has 33 heavy (non-hydrogen) atoms. The Hall–Kier alpha value is -3.10. The molecule has 11 heteroatoms. The van der Waals surface area contributed by atoms with Gasteiger partial charge in [0.2, 0.25) is 6.04 Å². The van der Waals surface area contributed by atoms with Gasteiger partial charge in [0.1, 0.15) is 11.6 Å². The van der Waals surface area contributed by atoms with Gasteiger partial charge < -0.3 is 20.6 Å². The molecule has 8 nitrogen and oxygen atoms in total. The minimum atomic E-state index is -4.44. The summed E-state index contributed by atoms with van der Waals surface area (Å²) in [6, 6.07) is 4.51. The molecule has 0 spiro atoms. The van der Waals surface area contributed by atoms with Crippen LogP contribution in [0.4, 0.5) is 24.7 Å². The Labute approximate surface area is 189 Å². The lowest BCUT2D eigenvalue weighted by molar-refractivity contribution is -0.137. The number of amides is 1. The van der Waals surface area contributed by atoms with Gasteiger partial charge in [0, 0.05) is 24.3 Å².